The third-order valence-electron chi connectivity index (χ3n) is 9.48. The van der Waals surface area contributed by atoms with Crippen molar-refractivity contribution >= 4 is 23.4 Å². The molecular weight excluding hydrogens is 534 g/mol. The summed E-state index contributed by atoms with van der Waals surface area (Å²) in [5.41, 5.74) is -1.58. The maximum atomic E-state index is 14.6. The zero-order valence-corrected chi connectivity index (χ0v) is 25.3. The van der Waals surface area contributed by atoms with Crippen molar-refractivity contribution in [3.05, 3.63) is 48.6 Å². The minimum absolute atomic E-state index is 0.000520. The number of unbranched alkanes of at least 4 members (excludes halogenated alkanes) is 1. The third-order valence-corrected chi connectivity index (χ3v) is 9.48. The molecule has 42 heavy (non-hydrogen) atoms. The quantitative estimate of drug-likeness (QED) is 0.317. The summed E-state index contributed by atoms with van der Waals surface area (Å²) >= 11 is 0. The molecule has 1 aromatic carbocycles. The van der Waals surface area contributed by atoms with Crippen LogP contribution >= 0.6 is 0 Å². The number of likely N-dealkylation sites (tertiary alicyclic amines) is 1. The van der Waals surface area contributed by atoms with Crippen molar-refractivity contribution in [2.75, 3.05) is 37.7 Å². The summed E-state index contributed by atoms with van der Waals surface area (Å²) in [6.07, 6.45) is 11.1. The molecule has 0 aliphatic carbocycles. The van der Waals surface area contributed by atoms with Crippen molar-refractivity contribution in [1.29, 1.82) is 0 Å². The summed E-state index contributed by atoms with van der Waals surface area (Å²) in [5.74, 6) is -1.47. The van der Waals surface area contributed by atoms with Crippen LogP contribution in [-0.2, 0) is 19.1 Å². The van der Waals surface area contributed by atoms with E-state index in [1.165, 1.54) is 0 Å². The lowest BCUT2D eigenvalue weighted by Crippen LogP contribution is -2.57. The molecule has 2 unspecified atom stereocenters. The Balaban J connectivity index is 1.59. The Bertz CT molecular complexity index is 1230. The molecule has 228 valence electrons. The Morgan fingerprint density at radius 2 is 1.71 bits per heavy atom. The van der Waals surface area contributed by atoms with Crippen LogP contribution in [0.4, 0.5) is 5.69 Å². The summed E-state index contributed by atoms with van der Waals surface area (Å²) in [5, 5.41) is 9.46. The molecule has 1 spiro atoms. The highest BCUT2D eigenvalue weighted by Gasteiger charge is 2.75. The third kappa shape index (κ3) is 4.84. The van der Waals surface area contributed by atoms with E-state index in [1.807, 2.05) is 74.2 Å². The molecule has 0 bridgehead atoms. The summed E-state index contributed by atoms with van der Waals surface area (Å²) in [6, 6.07) is 6.55. The molecule has 4 aliphatic rings. The largest absolute Gasteiger partial charge is 0.494 e. The second-order valence-corrected chi connectivity index (χ2v) is 11.9. The van der Waals surface area contributed by atoms with Gasteiger partial charge in [0, 0.05) is 38.0 Å². The number of nitrogens with zero attached hydrogens (tertiary/aromatic N) is 3. The highest BCUT2D eigenvalue weighted by molar-refractivity contribution is 6.04. The first-order valence-electron chi connectivity index (χ1n) is 15.6. The van der Waals surface area contributed by atoms with E-state index in [1.54, 1.807) is 9.80 Å². The van der Waals surface area contributed by atoms with Crippen LogP contribution in [0.2, 0.25) is 0 Å². The fourth-order valence-corrected chi connectivity index (χ4v) is 7.50. The number of benzene rings is 1. The lowest BCUT2D eigenvalue weighted by atomic mass is 9.73. The standard InChI is InChI=1S/C33H45N3O6/c1-5-12-23(4)34-20-11-18-33-27(30(39)36(19-8-9-22-37)28(33)31(34)40)26-29(38)35(21-10-17-32(26,6-2)42-33)24-13-15-25(16-14-24)41-7-3/h10-11,13-18,23,26-28,37H,5-9,12,19-22H2,1-4H3/t23?,26-,27-,28?,32+,33-/m0/s1. The van der Waals surface area contributed by atoms with Crippen LogP contribution in [-0.4, -0.2) is 88.8 Å². The van der Waals surface area contributed by atoms with Crippen LogP contribution in [0.25, 0.3) is 0 Å². The zero-order chi connectivity index (χ0) is 30.1. The van der Waals surface area contributed by atoms with Gasteiger partial charge in [-0.25, -0.2) is 0 Å². The maximum Gasteiger partial charge on any atom is 0.249 e. The van der Waals surface area contributed by atoms with Gasteiger partial charge in [0.25, 0.3) is 0 Å². The van der Waals surface area contributed by atoms with Gasteiger partial charge in [-0.2, -0.15) is 0 Å². The van der Waals surface area contributed by atoms with E-state index in [-0.39, 0.29) is 30.4 Å². The normalized spacial score (nSPS) is 31.1. The summed E-state index contributed by atoms with van der Waals surface area (Å²) in [7, 11) is 0. The Kier molecular flexibility index (Phi) is 8.81. The highest BCUT2D eigenvalue weighted by atomic mass is 16.5. The van der Waals surface area contributed by atoms with E-state index in [4.69, 9.17) is 9.47 Å². The van der Waals surface area contributed by atoms with Gasteiger partial charge in [0.05, 0.1) is 24.0 Å². The molecule has 0 aromatic heterocycles. The maximum absolute atomic E-state index is 14.6. The molecule has 1 aromatic rings. The molecule has 0 saturated carbocycles. The van der Waals surface area contributed by atoms with E-state index in [2.05, 4.69) is 6.92 Å². The average Bonchev–Trinajstić information content (AvgIpc) is 3.26. The predicted molar refractivity (Wildman–Crippen MR) is 160 cm³/mol. The second kappa shape index (κ2) is 12.2. The van der Waals surface area contributed by atoms with Gasteiger partial charge in [-0.1, -0.05) is 44.6 Å². The van der Waals surface area contributed by atoms with Gasteiger partial charge in [0.1, 0.15) is 17.4 Å². The number of anilines is 1. The van der Waals surface area contributed by atoms with Gasteiger partial charge in [-0.05, 0) is 63.8 Å². The van der Waals surface area contributed by atoms with Crippen LogP contribution in [0, 0.1) is 11.8 Å². The molecule has 2 saturated heterocycles. The average molecular weight is 580 g/mol. The number of aliphatic hydroxyl groups excluding tert-OH is 1. The topological polar surface area (TPSA) is 99.6 Å². The van der Waals surface area contributed by atoms with Crippen molar-refractivity contribution in [2.45, 2.75) is 83.1 Å². The predicted octanol–water partition coefficient (Wildman–Crippen LogP) is 3.71. The number of carbonyl (C=O) groups is 3. The van der Waals surface area contributed by atoms with Crippen LogP contribution < -0.4 is 9.64 Å². The lowest BCUT2D eigenvalue weighted by molar-refractivity contribution is -0.153. The molecule has 5 rings (SSSR count). The van der Waals surface area contributed by atoms with Crippen molar-refractivity contribution < 1.29 is 29.0 Å². The number of aliphatic hydroxyl groups is 1. The Morgan fingerprint density at radius 3 is 2.38 bits per heavy atom. The van der Waals surface area contributed by atoms with Crippen LogP contribution in [0.3, 0.4) is 0 Å². The molecule has 4 aliphatic heterocycles. The highest BCUT2D eigenvalue weighted by Crippen LogP contribution is 2.58. The molecule has 9 nitrogen and oxygen atoms in total. The van der Waals surface area contributed by atoms with Gasteiger partial charge < -0.3 is 29.3 Å². The van der Waals surface area contributed by atoms with Gasteiger partial charge in [-0.15, -0.1) is 0 Å². The number of hydrogen-bond acceptors (Lipinski definition) is 6. The van der Waals surface area contributed by atoms with Crippen LogP contribution in [0.5, 0.6) is 5.75 Å². The van der Waals surface area contributed by atoms with Crippen LogP contribution in [0.15, 0.2) is 48.6 Å². The molecule has 1 N–H and O–H groups in total. The molecule has 9 heteroatoms. The number of hydrogen-bond donors (Lipinski definition) is 1. The Labute approximate surface area is 249 Å². The van der Waals surface area contributed by atoms with Gasteiger partial charge in [0.15, 0.2) is 0 Å². The summed E-state index contributed by atoms with van der Waals surface area (Å²) in [6.45, 7) is 9.70. The molecule has 0 radical (unpaired) electrons. The summed E-state index contributed by atoms with van der Waals surface area (Å²) < 4.78 is 12.6. The van der Waals surface area contributed by atoms with E-state index in [9.17, 15) is 19.5 Å². The smallest absolute Gasteiger partial charge is 0.249 e. The Hall–Kier alpha value is -3.17. The van der Waals surface area contributed by atoms with Crippen molar-refractivity contribution in [3.63, 3.8) is 0 Å². The van der Waals surface area contributed by atoms with Crippen molar-refractivity contribution in [3.8, 4) is 5.75 Å². The number of carbonyl (C=O) groups excluding carboxylic acids is 3. The fourth-order valence-electron chi connectivity index (χ4n) is 7.50. The van der Waals surface area contributed by atoms with E-state index >= 15 is 0 Å². The Morgan fingerprint density at radius 1 is 0.976 bits per heavy atom. The minimum Gasteiger partial charge on any atom is -0.494 e. The molecular formula is C33H45N3O6. The van der Waals surface area contributed by atoms with E-state index < -0.39 is 29.1 Å². The van der Waals surface area contributed by atoms with Gasteiger partial charge in [-0.3, -0.25) is 14.4 Å². The number of rotatable bonds is 11. The number of fused-ring (bicyclic) bond motifs is 2. The van der Waals surface area contributed by atoms with Crippen LogP contribution in [0.1, 0.15) is 59.8 Å². The van der Waals surface area contributed by atoms with Gasteiger partial charge in [0.2, 0.25) is 17.7 Å². The summed E-state index contributed by atoms with van der Waals surface area (Å²) in [4.78, 5) is 48.7. The van der Waals surface area contributed by atoms with E-state index in [0.29, 0.717) is 45.5 Å². The monoisotopic (exact) mass is 579 g/mol. The first-order valence-corrected chi connectivity index (χ1v) is 15.6. The van der Waals surface area contributed by atoms with Gasteiger partial charge >= 0.3 is 0 Å². The second-order valence-electron chi connectivity index (χ2n) is 11.9. The van der Waals surface area contributed by atoms with Crippen molar-refractivity contribution in [2.24, 2.45) is 11.8 Å². The number of amides is 3. The lowest BCUT2D eigenvalue weighted by Gasteiger charge is -2.39. The number of ether oxygens (including phenoxy) is 2. The molecule has 4 heterocycles. The van der Waals surface area contributed by atoms with Crippen molar-refractivity contribution in [1.82, 2.24) is 9.80 Å². The first kappa shape index (κ1) is 30.3. The SMILES string of the molecule is CCCC(C)N1CC=C[C@]23O[C@]4(CC)C=CCN(c5ccc(OCC)cc5)C(=O)[C@@H]4[C@H]2C(=O)N(CCCCO)C3C1=O. The molecule has 6 atom stereocenters. The van der Waals surface area contributed by atoms with E-state index in [0.717, 1.165) is 24.3 Å². The molecule has 2 fully saturated rings. The minimum atomic E-state index is -1.27. The first-order chi connectivity index (χ1) is 20.3. The zero-order valence-electron chi connectivity index (χ0n) is 25.3. The molecule has 3 amide bonds. The fraction of sp³-hybridized carbons (Fsp3) is 0.606.